The van der Waals surface area contributed by atoms with E-state index in [1.54, 1.807) is 10.9 Å². The normalized spacial score (nSPS) is 9.58. The number of rotatable bonds is 5. The molecule has 1 rings (SSSR count). The van der Waals surface area contributed by atoms with Crippen LogP contribution in [0.4, 0.5) is 0 Å². The number of nitrogens with zero attached hydrogens (tertiary/aromatic N) is 4. The zero-order chi connectivity index (χ0) is 8.65. The average molecular weight is 165 g/mol. The van der Waals surface area contributed by atoms with Gasteiger partial charge in [-0.3, -0.25) is 4.68 Å². The molecule has 1 aromatic rings. The van der Waals surface area contributed by atoms with Gasteiger partial charge in [-0.15, -0.1) is 5.10 Å². The van der Waals surface area contributed by atoms with Crippen LogP contribution >= 0.6 is 0 Å². The summed E-state index contributed by atoms with van der Waals surface area (Å²) in [6.07, 6.45) is 4.44. The molecular formula is C7H11N5. The summed E-state index contributed by atoms with van der Waals surface area (Å²) in [4.78, 5) is 0. The van der Waals surface area contributed by atoms with Crippen molar-refractivity contribution in [2.24, 2.45) is 0 Å². The lowest BCUT2D eigenvalue weighted by Crippen LogP contribution is -2.17. The number of aryl methyl sites for hydroxylation is 1. The smallest absolute Gasteiger partial charge is 0.0840 e. The van der Waals surface area contributed by atoms with Crippen molar-refractivity contribution in [3.63, 3.8) is 0 Å². The maximum absolute atomic E-state index is 8.21. The minimum absolute atomic E-state index is 0.414. The highest BCUT2D eigenvalue weighted by Gasteiger charge is 1.90. The summed E-state index contributed by atoms with van der Waals surface area (Å²) in [5.74, 6) is 0. The second-order valence-electron chi connectivity index (χ2n) is 2.35. The van der Waals surface area contributed by atoms with Crippen molar-refractivity contribution in [2.45, 2.75) is 13.0 Å². The summed E-state index contributed by atoms with van der Waals surface area (Å²) >= 11 is 0. The van der Waals surface area contributed by atoms with Crippen molar-refractivity contribution in [1.82, 2.24) is 20.3 Å². The summed E-state index contributed by atoms with van der Waals surface area (Å²) in [6.45, 7) is 2.10. The van der Waals surface area contributed by atoms with Gasteiger partial charge in [0.1, 0.15) is 0 Å². The lowest BCUT2D eigenvalue weighted by Gasteiger charge is -1.99. The Hall–Kier alpha value is -1.41. The number of hydrogen-bond donors (Lipinski definition) is 1. The Kier molecular flexibility index (Phi) is 3.81. The van der Waals surface area contributed by atoms with Crippen LogP contribution < -0.4 is 5.32 Å². The Morgan fingerprint density at radius 3 is 3.17 bits per heavy atom. The largest absolute Gasteiger partial charge is 0.304 e. The highest BCUT2D eigenvalue weighted by Crippen LogP contribution is 1.84. The van der Waals surface area contributed by atoms with E-state index in [9.17, 15) is 0 Å². The van der Waals surface area contributed by atoms with Crippen LogP contribution in [-0.4, -0.2) is 28.1 Å². The summed E-state index contributed by atoms with van der Waals surface area (Å²) in [7, 11) is 0. The molecule has 0 radical (unpaired) electrons. The van der Waals surface area contributed by atoms with Crippen molar-refractivity contribution in [3.8, 4) is 6.07 Å². The first kappa shape index (κ1) is 8.68. The molecule has 0 fully saturated rings. The molecule has 1 heterocycles. The minimum atomic E-state index is 0.414. The molecule has 12 heavy (non-hydrogen) atoms. The van der Waals surface area contributed by atoms with E-state index in [0.717, 1.165) is 19.5 Å². The summed E-state index contributed by atoms with van der Waals surface area (Å²) < 4.78 is 1.77. The molecule has 64 valence electrons. The van der Waals surface area contributed by atoms with E-state index < -0.39 is 0 Å². The molecule has 0 aliphatic heterocycles. The first-order valence-electron chi connectivity index (χ1n) is 3.85. The predicted octanol–water partition coefficient (Wildman–Crippen LogP) is -0.219. The van der Waals surface area contributed by atoms with E-state index in [0.29, 0.717) is 6.54 Å². The molecule has 0 aliphatic carbocycles. The van der Waals surface area contributed by atoms with Gasteiger partial charge in [0, 0.05) is 12.7 Å². The van der Waals surface area contributed by atoms with Gasteiger partial charge in [-0.25, -0.2) is 0 Å². The van der Waals surface area contributed by atoms with Gasteiger partial charge in [-0.05, 0) is 13.0 Å². The summed E-state index contributed by atoms with van der Waals surface area (Å²) in [5.41, 5.74) is 0. The molecule has 1 N–H and O–H groups in total. The molecule has 0 saturated heterocycles. The van der Waals surface area contributed by atoms with Crippen molar-refractivity contribution in [3.05, 3.63) is 12.4 Å². The van der Waals surface area contributed by atoms with Crippen LogP contribution in [-0.2, 0) is 6.54 Å². The van der Waals surface area contributed by atoms with Gasteiger partial charge in [0.25, 0.3) is 0 Å². The fraction of sp³-hybridized carbons (Fsp3) is 0.571. The molecule has 0 amide bonds. The molecule has 0 spiro atoms. The van der Waals surface area contributed by atoms with Crippen molar-refractivity contribution in [2.75, 3.05) is 13.1 Å². The topological polar surface area (TPSA) is 66.5 Å². The Labute approximate surface area is 71.0 Å². The van der Waals surface area contributed by atoms with Crippen LogP contribution in [0.3, 0.4) is 0 Å². The standard InChI is InChI=1S/C7H11N5/c8-2-4-9-3-1-6-12-7-5-10-11-12/h5,7,9H,1,3-4,6H2. The quantitative estimate of drug-likeness (QED) is 0.484. The van der Waals surface area contributed by atoms with Gasteiger partial charge in [0.05, 0.1) is 18.8 Å². The fourth-order valence-corrected chi connectivity index (χ4v) is 0.862. The predicted molar refractivity (Wildman–Crippen MR) is 43.1 cm³/mol. The lowest BCUT2D eigenvalue weighted by molar-refractivity contribution is 0.540. The second-order valence-corrected chi connectivity index (χ2v) is 2.35. The summed E-state index contributed by atoms with van der Waals surface area (Å²) in [5, 5.41) is 18.7. The molecular weight excluding hydrogens is 154 g/mol. The van der Waals surface area contributed by atoms with E-state index in [-0.39, 0.29) is 0 Å². The fourth-order valence-electron chi connectivity index (χ4n) is 0.862. The van der Waals surface area contributed by atoms with Crippen LogP contribution in [0, 0.1) is 11.3 Å². The monoisotopic (exact) mass is 165 g/mol. The first-order valence-corrected chi connectivity index (χ1v) is 3.85. The minimum Gasteiger partial charge on any atom is -0.304 e. The SMILES string of the molecule is N#CCNCCCn1ccnn1. The van der Waals surface area contributed by atoms with Gasteiger partial charge >= 0.3 is 0 Å². The van der Waals surface area contributed by atoms with E-state index in [2.05, 4.69) is 15.6 Å². The van der Waals surface area contributed by atoms with E-state index in [4.69, 9.17) is 5.26 Å². The molecule has 0 saturated carbocycles. The zero-order valence-corrected chi connectivity index (χ0v) is 6.77. The van der Waals surface area contributed by atoms with Gasteiger partial charge in [-0.1, -0.05) is 5.21 Å². The van der Waals surface area contributed by atoms with E-state index in [1.807, 2.05) is 12.3 Å². The molecule has 0 unspecified atom stereocenters. The van der Waals surface area contributed by atoms with E-state index >= 15 is 0 Å². The third kappa shape index (κ3) is 3.12. The average Bonchev–Trinajstić information content (AvgIpc) is 2.57. The van der Waals surface area contributed by atoms with Crippen LogP contribution in [0.5, 0.6) is 0 Å². The second kappa shape index (κ2) is 5.27. The molecule has 5 nitrogen and oxygen atoms in total. The van der Waals surface area contributed by atoms with Crippen molar-refractivity contribution in [1.29, 1.82) is 5.26 Å². The number of hydrogen-bond acceptors (Lipinski definition) is 4. The third-order valence-corrected chi connectivity index (χ3v) is 1.42. The number of nitrogens with one attached hydrogen (secondary N) is 1. The molecule has 0 atom stereocenters. The highest BCUT2D eigenvalue weighted by molar-refractivity contribution is 4.72. The molecule has 0 aromatic carbocycles. The van der Waals surface area contributed by atoms with E-state index in [1.165, 1.54) is 0 Å². The molecule has 0 aliphatic rings. The van der Waals surface area contributed by atoms with Crippen molar-refractivity contribution >= 4 is 0 Å². The number of aromatic nitrogens is 3. The Morgan fingerprint density at radius 2 is 2.50 bits per heavy atom. The Balaban J connectivity index is 2.01. The number of nitriles is 1. The molecule has 1 aromatic heterocycles. The summed E-state index contributed by atoms with van der Waals surface area (Å²) in [6, 6.07) is 2.02. The van der Waals surface area contributed by atoms with Gasteiger partial charge in [0.2, 0.25) is 0 Å². The third-order valence-electron chi connectivity index (χ3n) is 1.42. The van der Waals surface area contributed by atoms with Crippen molar-refractivity contribution < 1.29 is 0 Å². The van der Waals surface area contributed by atoms with Crippen LogP contribution in [0.15, 0.2) is 12.4 Å². The Bertz CT molecular complexity index is 235. The van der Waals surface area contributed by atoms with Crippen LogP contribution in [0.1, 0.15) is 6.42 Å². The van der Waals surface area contributed by atoms with Crippen LogP contribution in [0.25, 0.3) is 0 Å². The maximum Gasteiger partial charge on any atom is 0.0840 e. The van der Waals surface area contributed by atoms with Gasteiger partial charge in [0.15, 0.2) is 0 Å². The molecule has 0 bridgehead atoms. The zero-order valence-electron chi connectivity index (χ0n) is 6.77. The highest BCUT2D eigenvalue weighted by atomic mass is 15.4. The van der Waals surface area contributed by atoms with Crippen LogP contribution in [0.2, 0.25) is 0 Å². The van der Waals surface area contributed by atoms with Gasteiger partial charge in [-0.2, -0.15) is 5.26 Å². The Morgan fingerprint density at radius 1 is 1.58 bits per heavy atom. The van der Waals surface area contributed by atoms with Gasteiger partial charge < -0.3 is 5.32 Å². The maximum atomic E-state index is 8.21. The molecule has 5 heteroatoms. The first-order chi connectivity index (χ1) is 5.93. The lowest BCUT2D eigenvalue weighted by atomic mass is 10.4.